The summed E-state index contributed by atoms with van der Waals surface area (Å²) in [6, 6.07) is 16.2. The highest BCUT2D eigenvalue weighted by atomic mass is 16.6. The average Bonchev–Trinajstić information content (AvgIpc) is 3.48. The fourth-order valence-corrected chi connectivity index (χ4v) is 7.84. The lowest BCUT2D eigenvalue weighted by atomic mass is 9.77. The zero-order valence-electron chi connectivity index (χ0n) is 28.0. The summed E-state index contributed by atoms with van der Waals surface area (Å²) in [5, 5.41) is 10.8. The maximum absolute atomic E-state index is 14.9. The van der Waals surface area contributed by atoms with Gasteiger partial charge >= 0.3 is 5.97 Å². The van der Waals surface area contributed by atoms with Crippen molar-refractivity contribution in [3.05, 3.63) is 96.1 Å². The minimum absolute atomic E-state index is 0.0884. The lowest BCUT2D eigenvalue weighted by Crippen LogP contribution is -2.59. The van der Waals surface area contributed by atoms with E-state index in [0.29, 0.717) is 24.9 Å². The number of esters is 1. The van der Waals surface area contributed by atoms with E-state index < -0.39 is 59.6 Å². The number of carbonyl (C=O) groups excluding carboxylic acids is 4. The van der Waals surface area contributed by atoms with Gasteiger partial charge in [-0.1, -0.05) is 85.0 Å². The Morgan fingerprint density at radius 1 is 0.958 bits per heavy atom. The molecule has 48 heavy (non-hydrogen) atoms. The third-order valence-corrected chi connectivity index (χ3v) is 10.4. The molecule has 4 aliphatic rings. The summed E-state index contributed by atoms with van der Waals surface area (Å²) in [7, 11) is 1.70. The zero-order valence-corrected chi connectivity index (χ0v) is 28.0. The van der Waals surface area contributed by atoms with Crippen molar-refractivity contribution in [1.29, 1.82) is 0 Å². The van der Waals surface area contributed by atoms with E-state index >= 15 is 0 Å². The maximum Gasteiger partial charge on any atom is 0.313 e. The number of hydrogen-bond donors (Lipinski definition) is 1. The minimum atomic E-state index is -1.48. The molecule has 0 radical (unpaired) electrons. The monoisotopic (exact) mass is 655 g/mol. The van der Waals surface area contributed by atoms with Crippen molar-refractivity contribution < 1.29 is 33.8 Å². The first kappa shape index (κ1) is 33.6. The topological polar surface area (TPSA) is 117 Å². The SMILES string of the molecule is CC(C)N1CC=C[C@@]23O[C@H]4/C=C\CCC(=O)N(C)[C@@H](C)[C@H](c5ccccc5)OC(=O)[C@H]4[C@@H]2C(=O)N([C@@H](CO)Cc2ccccc2)[C@H]3C1=O. The lowest BCUT2D eigenvalue weighted by Gasteiger charge is -2.39. The first-order valence-corrected chi connectivity index (χ1v) is 16.9. The van der Waals surface area contributed by atoms with Crippen LogP contribution in [0.4, 0.5) is 0 Å². The molecule has 2 saturated heterocycles. The number of carbonyl (C=O) groups is 4. The lowest BCUT2D eigenvalue weighted by molar-refractivity contribution is -0.164. The van der Waals surface area contributed by atoms with E-state index in [1.54, 1.807) is 35.1 Å². The van der Waals surface area contributed by atoms with Gasteiger partial charge in [-0.15, -0.1) is 0 Å². The number of cyclic esters (lactones) is 1. The van der Waals surface area contributed by atoms with Crippen molar-refractivity contribution in [2.75, 3.05) is 20.2 Å². The van der Waals surface area contributed by atoms with Gasteiger partial charge in [0.2, 0.25) is 17.7 Å². The van der Waals surface area contributed by atoms with Gasteiger partial charge in [-0.25, -0.2) is 0 Å². The van der Waals surface area contributed by atoms with E-state index in [1.807, 2.05) is 87.5 Å². The standard InChI is InChI=1S/C38H45N3O7/c1-24(2)40-21-13-20-38-32(35(44)41(34(38)36(40)45)28(23-42)22-26-14-7-5-8-15-26)31-29(48-38)18-11-12-19-30(43)39(4)25(3)33(47-37(31)46)27-16-9-6-10-17-27/h5-11,13-18,20,24-25,28-29,31-34,42H,12,19,21-23H2,1-4H3/b18-11-/t25-,28+,29-,31+,32+,33+,34-,38+/m0/s1. The van der Waals surface area contributed by atoms with Crippen LogP contribution in [0.3, 0.4) is 0 Å². The van der Waals surface area contributed by atoms with Crippen LogP contribution in [0, 0.1) is 11.8 Å². The molecule has 1 spiro atoms. The Hall–Kier alpha value is -4.28. The van der Waals surface area contributed by atoms with E-state index in [-0.39, 0.29) is 30.9 Å². The largest absolute Gasteiger partial charge is 0.455 e. The first-order chi connectivity index (χ1) is 23.1. The Balaban J connectivity index is 1.47. The number of aliphatic hydroxyl groups excluding tert-OH is 1. The smallest absolute Gasteiger partial charge is 0.313 e. The van der Waals surface area contributed by atoms with Gasteiger partial charge in [0, 0.05) is 26.1 Å². The van der Waals surface area contributed by atoms with Crippen molar-refractivity contribution in [2.24, 2.45) is 11.8 Å². The molecule has 0 bridgehead atoms. The fraction of sp³-hybridized carbons (Fsp3) is 0.474. The molecule has 8 atom stereocenters. The number of aliphatic hydroxyl groups is 1. The number of rotatable bonds is 6. The molecule has 0 saturated carbocycles. The molecule has 2 aromatic rings. The first-order valence-electron chi connectivity index (χ1n) is 16.9. The van der Waals surface area contributed by atoms with E-state index in [1.165, 1.54) is 4.90 Å². The summed E-state index contributed by atoms with van der Waals surface area (Å²) in [5.74, 6) is -3.63. The molecular formula is C38H45N3O7. The Bertz CT molecular complexity index is 1580. The van der Waals surface area contributed by atoms with E-state index in [0.717, 1.165) is 5.56 Å². The van der Waals surface area contributed by atoms with Crippen molar-refractivity contribution in [2.45, 2.75) is 82.0 Å². The number of fused-ring (bicyclic) bond motifs is 2. The fourth-order valence-electron chi connectivity index (χ4n) is 7.84. The molecule has 10 nitrogen and oxygen atoms in total. The highest BCUT2D eigenvalue weighted by Crippen LogP contribution is 2.54. The van der Waals surface area contributed by atoms with Gasteiger partial charge in [-0.3, -0.25) is 19.2 Å². The summed E-state index contributed by atoms with van der Waals surface area (Å²) in [5.41, 5.74) is 0.132. The van der Waals surface area contributed by atoms with Crippen molar-refractivity contribution in [3.63, 3.8) is 0 Å². The van der Waals surface area contributed by atoms with Crippen LogP contribution in [0.5, 0.6) is 0 Å². The van der Waals surface area contributed by atoms with E-state index in [4.69, 9.17) is 9.47 Å². The van der Waals surface area contributed by atoms with Crippen LogP contribution in [0.1, 0.15) is 50.8 Å². The van der Waals surface area contributed by atoms with Crippen LogP contribution < -0.4 is 0 Å². The third-order valence-electron chi connectivity index (χ3n) is 10.4. The van der Waals surface area contributed by atoms with Gasteiger partial charge in [0.15, 0.2) is 0 Å². The predicted octanol–water partition coefficient (Wildman–Crippen LogP) is 3.46. The molecule has 2 fully saturated rings. The van der Waals surface area contributed by atoms with Crippen LogP contribution in [0.25, 0.3) is 0 Å². The van der Waals surface area contributed by atoms with Crippen LogP contribution in [-0.4, -0.2) is 99.6 Å². The second-order valence-corrected chi connectivity index (χ2v) is 13.6. The Kier molecular flexibility index (Phi) is 9.58. The third kappa shape index (κ3) is 5.85. The number of likely N-dealkylation sites (N-methyl/N-ethyl adjacent to an activating group) is 1. The number of benzene rings is 2. The summed E-state index contributed by atoms with van der Waals surface area (Å²) in [4.78, 5) is 62.0. The summed E-state index contributed by atoms with van der Waals surface area (Å²) in [6.07, 6.45) is 6.44. The molecule has 0 aromatic heterocycles. The van der Waals surface area contributed by atoms with Gasteiger partial charge in [-0.2, -0.15) is 0 Å². The van der Waals surface area contributed by atoms with E-state index in [2.05, 4.69) is 0 Å². The molecule has 3 amide bonds. The molecule has 6 rings (SSSR count). The van der Waals surface area contributed by atoms with Gasteiger partial charge < -0.3 is 29.3 Å². The van der Waals surface area contributed by atoms with Crippen LogP contribution in [-0.2, 0) is 35.1 Å². The molecule has 1 N–H and O–H groups in total. The summed E-state index contributed by atoms with van der Waals surface area (Å²) in [6.45, 7) is 5.61. The zero-order chi connectivity index (χ0) is 34.2. The quantitative estimate of drug-likeness (QED) is 0.375. The molecule has 4 aliphatic heterocycles. The second kappa shape index (κ2) is 13.7. The van der Waals surface area contributed by atoms with Gasteiger partial charge in [-0.05, 0) is 44.7 Å². The molecule has 0 unspecified atom stereocenters. The number of nitrogens with zero attached hydrogens (tertiary/aromatic N) is 3. The second-order valence-electron chi connectivity index (χ2n) is 13.6. The molecule has 254 valence electrons. The molecule has 4 heterocycles. The molecule has 0 aliphatic carbocycles. The Morgan fingerprint density at radius 3 is 2.31 bits per heavy atom. The molecule has 2 aromatic carbocycles. The van der Waals surface area contributed by atoms with Crippen LogP contribution in [0.15, 0.2) is 85.0 Å². The number of likely N-dealkylation sites (tertiary alicyclic amines) is 1. The van der Waals surface area contributed by atoms with Gasteiger partial charge in [0.1, 0.15) is 23.7 Å². The Labute approximate surface area is 282 Å². The van der Waals surface area contributed by atoms with Gasteiger partial charge in [0.25, 0.3) is 0 Å². The normalized spacial score (nSPS) is 32.2. The molecular weight excluding hydrogens is 610 g/mol. The maximum atomic E-state index is 14.9. The van der Waals surface area contributed by atoms with E-state index in [9.17, 15) is 24.3 Å². The van der Waals surface area contributed by atoms with Crippen LogP contribution in [0.2, 0.25) is 0 Å². The van der Waals surface area contributed by atoms with Crippen molar-refractivity contribution in [3.8, 4) is 0 Å². The highest BCUT2D eigenvalue weighted by molar-refractivity contribution is 5.99. The van der Waals surface area contributed by atoms with Crippen LogP contribution >= 0.6 is 0 Å². The number of hydrogen-bond acceptors (Lipinski definition) is 7. The van der Waals surface area contributed by atoms with Crippen molar-refractivity contribution in [1.82, 2.24) is 14.7 Å². The number of amides is 3. The predicted molar refractivity (Wildman–Crippen MR) is 178 cm³/mol. The summed E-state index contributed by atoms with van der Waals surface area (Å²) >= 11 is 0. The van der Waals surface area contributed by atoms with Crippen molar-refractivity contribution >= 4 is 23.7 Å². The number of allylic oxidation sites excluding steroid dienone is 1. The molecule has 10 heteroatoms. The average molecular weight is 656 g/mol. The Morgan fingerprint density at radius 2 is 1.65 bits per heavy atom. The number of ether oxygens (including phenoxy) is 2. The van der Waals surface area contributed by atoms with Gasteiger partial charge in [0.05, 0.1) is 30.7 Å². The minimum Gasteiger partial charge on any atom is -0.455 e. The highest BCUT2D eigenvalue weighted by Gasteiger charge is 2.72. The summed E-state index contributed by atoms with van der Waals surface area (Å²) < 4.78 is 13.2.